The number of rotatable bonds is 6. The van der Waals surface area contributed by atoms with Crippen molar-refractivity contribution in [2.45, 2.75) is 20.4 Å². The van der Waals surface area contributed by atoms with Crippen LogP contribution in [0.5, 0.6) is 11.5 Å². The van der Waals surface area contributed by atoms with Crippen molar-refractivity contribution in [3.05, 3.63) is 71.7 Å². The summed E-state index contributed by atoms with van der Waals surface area (Å²) in [5, 5.41) is 2.97. The second-order valence-corrected chi connectivity index (χ2v) is 9.32. The van der Waals surface area contributed by atoms with Crippen LogP contribution in [0, 0.1) is 13.8 Å². The van der Waals surface area contributed by atoms with E-state index in [1.165, 1.54) is 11.1 Å². The molecule has 0 aliphatic carbocycles. The van der Waals surface area contributed by atoms with Crippen molar-refractivity contribution in [2.75, 3.05) is 45.7 Å². The van der Waals surface area contributed by atoms with Crippen LogP contribution < -0.4 is 14.8 Å². The molecule has 192 valence electrons. The van der Waals surface area contributed by atoms with E-state index in [1.54, 1.807) is 32.4 Å². The molecule has 3 heterocycles. The molecular weight excluding hydrogens is 468 g/mol. The number of imidazole rings is 1. The maximum absolute atomic E-state index is 12.9. The Hall–Kier alpha value is -4.11. The van der Waals surface area contributed by atoms with Gasteiger partial charge in [-0.15, -0.1) is 0 Å². The molecule has 0 spiro atoms. The maximum atomic E-state index is 12.9. The monoisotopic (exact) mass is 500 g/mol. The van der Waals surface area contributed by atoms with Crippen LogP contribution in [-0.4, -0.2) is 70.8 Å². The van der Waals surface area contributed by atoms with Crippen molar-refractivity contribution in [1.29, 1.82) is 0 Å². The van der Waals surface area contributed by atoms with Crippen LogP contribution in [-0.2, 0) is 6.54 Å². The molecule has 4 aromatic rings. The smallest absolute Gasteiger partial charge is 0.321 e. The number of nitrogens with one attached hydrogen (secondary N) is 1. The lowest BCUT2D eigenvalue weighted by Crippen LogP contribution is -2.49. The van der Waals surface area contributed by atoms with Gasteiger partial charge in [0.1, 0.15) is 11.3 Å². The third kappa shape index (κ3) is 5.22. The zero-order chi connectivity index (χ0) is 25.9. The molecule has 2 aromatic carbocycles. The quantitative estimate of drug-likeness (QED) is 0.422. The Morgan fingerprint density at radius 2 is 1.68 bits per heavy atom. The number of pyridine rings is 1. The molecule has 0 saturated carbocycles. The Morgan fingerprint density at radius 1 is 0.946 bits per heavy atom. The number of ether oxygens (including phenoxy) is 2. The number of methoxy groups -OCH3 is 2. The van der Waals surface area contributed by atoms with Crippen molar-refractivity contribution >= 4 is 22.9 Å². The minimum atomic E-state index is -0.126. The van der Waals surface area contributed by atoms with Crippen molar-refractivity contribution in [1.82, 2.24) is 24.3 Å². The van der Waals surface area contributed by atoms with Gasteiger partial charge in [-0.3, -0.25) is 9.47 Å². The highest BCUT2D eigenvalue weighted by molar-refractivity contribution is 5.89. The van der Waals surface area contributed by atoms with Gasteiger partial charge in [0.25, 0.3) is 0 Å². The Morgan fingerprint density at radius 3 is 2.38 bits per heavy atom. The van der Waals surface area contributed by atoms with Crippen LogP contribution in [0.25, 0.3) is 16.9 Å². The molecule has 0 unspecified atom stereocenters. The molecule has 0 atom stereocenters. The molecule has 9 nitrogen and oxygen atoms in total. The van der Waals surface area contributed by atoms with E-state index < -0.39 is 0 Å². The number of hydrogen-bond acceptors (Lipinski definition) is 6. The molecule has 1 aliphatic heterocycles. The minimum Gasteiger partial charge on any atom is -0.493 e. The lowest BCUT2D eigenvalue weighted by Gasteiger charge is -2.34. The number of carbonyl (C=O) groups is 1. The van der Waals surface area contributed by atoms with Gasteiger partial charge in [0.05, 0.1) is 20.8 Å². The number of hydrogen-bond donors (Lipinski definition) is 1. The molecule has 1 N–H and O–H groups in total. The zero-order valence-electron chi connectivity index (χ0n) is 21.7. The van der Waals surface area contributed by atoms with Crippen molar-refractivity contribution in [3.8, 4) is 17.2 Å². The first kappa shape index (κ1) is 24.6. The lowest BCUT2D eigenvalue weighted by molar-refractivity contribution is 0.140. The number of urea groups is 1. The normalized spacial score (nSPS) is 14.1. The average Bonchev–Trinajstić information content (AvgIpc) is 3.26. The molecule has 1 aliphatic rings. The fraction of sp³-hybridized carbons (Fsp3) is 0.321. The summed E-state index contributed by atoms with van der Waals surface area (Å²) >= 11 is 0. The topological polar surface area (TPSA) is 84.8 Å². The van der Waals surface area contributed by atoms with Crippen molar-refractivity contribution < 1.29 is 14.3 Å². The Kier molecular flexibility index (Phi) is 6.96. The highest BCUT2D eigenvalue weighted by atomic mass is 16.5. The van der Waals surface area contributed by atoms with Crippen LogP contribution in [0.2, 0.25) is 0 Å². The number of amides is 2. The number of fused-ring (bicyclic) bond motifs is 1. The summed E-state index contributed by atoms with van der Waals surface area (Å²) < 4.78 is 12.8. The Balaban J connectivity index is 1.28. The molecule has 37 heavy (non-hydrogen) atoms. The summed E-state index contributed by atoms with van der Waals surface area (Å²) in [7, 11) is 3.16. The Labute approximate surface area is 216 Å². The van der Waals surface area contributed by atoms with E-state index in [-0.39, 0.29) is 6.03 Å². The van der Waals surface area contributed by atoms with Gasteiger partial charge < -0.3 is 19.7 Å². The number of anilines is 1. The van der Waals surface area contributed by atoms with Gasteiger partial charge in [0.15, 0.2) is 17.1 Å². The highest BCUT2D eigenvalue weighted by Gasteiger charge is 2.24. The fourth-order valence-corrected chi connectivity index (χ4v) is 4.84. The lowest BCUT2D eigenvalue weighted by atomic mass is 10.1. The SMILES string of the molecule is COc1ccc(NC(=O)N2CCN(Cc3nc4cccnc4n3-c3cc(C)cc(C)c3)CC2)cc1OC. The molecule has 2 amide bonds. The molecule has 1 saturated heterocycles. The molecule has 1 fully saturated rings. The van der Waals surface area contributed by atoms with E-state index in [0.29, 0.717) is 36.8 Å². The van der Waals surface area contributed by atoms with Crippen molar-refractivity contribution in [2.24, 2.45) is 0 Å². The number of nitrogens with zero attached hydrogens (tertiary/aromatic N) is 5. The van der Waals surface area contributed by atoms with E-state index in [9.17, 15) is 4.79 Å². The van der Waals surface area contributed by atoms with E-state index in [1.807, 2.05) is 23.2 Å². The average molecular weight is 501 g/mol. The summed E-state index contributed by atoms with van der Waals surface area (Å²) in [6.07, 6.45) is 1.81. The van der Waals surface area contributed by atoms with Gasteiger partial charge in [-0.1, -0.05) is 6.07 Å². The fourth-order valence-electron chi connectivity index (χ4n) is 4.84. The highest BCUT2D eigenvalue weighted by Crippen LogP contribution is 2.30. The largest absolute Gasteiger partial charge is 0.493 e. The second-order valence-electron chi connectivity index (χ2n) is 9.32. The maximum Gasteiger partial charge on any atom is 0.321 e. The van der Waals surface area contributed by atoms with E-state index in [4.69, 9.17) is 14.5 Å². The number of aryl methyl sites for hydroxylation is 2. The predicted molar refractivity (Wildman–Crippen MR) is 144 cm³/mol. The first-order valence-corrected chi connectivity index (χ1v) is 12.4. The van der Waals surface area contributed by atoms with Gasteiger partial charge >= 0.3 is 6.03 Å². The summed E-state index contributed by atoms with van der Waals surface area (Å²) in [6.45, 7) is 7.65. The third-order valence-corrected chi connectivity index (χ3v) is 6.61. The third-order valence-electron chi connectivity index (χ3n) is 6.61. The first-order chi connectivity index (χ1) is 17.9. The van der Waals surface area contributed by atoms with Crippen LogP contribution in [0.3, 0.4) is 0 Å². The predicted octanol–water partition coefficient (Wildman–Crippen LogP) is 4.40. The zero-order valence-corrected chi connectivity index (χ0v) is 21.7. The molecule has 2 aromatic heterocycles. The van der Waals surface area contributed by atoms with Gasteiger partial charge in [-0.05, 0) is 61.4 Å². The number of aromatic nitrogens is 3. The van der Waals surface area contributed by atoms with Gasteiger partial charge in [0, 0.05) is 49.8 Å². The molecule has 5 rings (SSSR count). The second kappa shape index (κ2) is 10.5. The minimum absolute atomic E-state index is 0.126. The summed E-state index contributed by atoms with van der Waals surface area (Å²) in [5.74, 6) is 2.14. The van der Waals surface area contributed by atoms with Gasteiger partial charge in [-0.25, -0.2) is 14.8 Å². The summed E-state index contributed by atoms with van der Waals surface area (Å²) in [6, 6.07) is 15.6. The number of carbonyl (C=O) groups excluding carboxylic acids is 1. The van der Waals surface area contributed by atoms with E-state index in [0.717, 1.165) is 35.8 Å². The summed E-state index contributed by atoms with van der Waals surface area (Å²) in [4.78, 5) is 26.6. The Bertz CT molecular complexity index is 1400. The van der Waals surface area contributed by atoms with Crippen LogP contribution >= 0.6 is 0 Å². The summed E-state index contributed by atoms with van der Waals surface area (Å²) in [5.41, 5.74) is 5.88. The van der Waals surface area contributed by atoms with Gasteiger partial charge in [-0.2, -0.15) is 0 Å². The van der Waals surface area contributed by atoms with Crippen molar-refractivity contribution in [3.63, 3.8) is 0 Å². The molecule has 9 heteroatoms. The van der Waals surface area contributed by atoms with Crippen LogP contribution in [0.1, 0.15) is 17.0 Å². The van der Waals surface area contributed by atoms with Crippen LogP contribution in [0.4, 0.5) is 10.5 Å². The standard InChI is InChI=1S/C28H32N6O3/c1-19-14-20(2)16-22(15-19)34-26(31-23-6-5-9-29-27(23)34)18-32-10-12-33(13-11-32)28(35)30-21-7-8-24(36-3)25(17-21)37-4/h5-9,14-17H,10-13,18H2,1-4H3,(H,30,35). The molecular formula is C28H32N6O3. The van der Waals surface area contributed by atoms with E-state index in [2.05, 4.69) is 51.8 Å². The number of piperazine rings is 1. The molecule has 0 bridgehead atoms. The van der Waals surface area contributed by atoms with Crippen LogP contribution in [0.15, 0.2) is 54.7 Å². The number of benzene rings is 2. The first-order valence-electron chi connectivity index (χ1n) is 12.4. The van der Waals surface area contributed by atoms with Gasteiger partial charge in [0.2, 0.25) is 0 Å². The molecule has 0 radical (unpaired) electrons. The van der Waals surface area contributed by atoms with E-state index >= 15 is 0 Å².